The summed E-state index contributed by atoms with van der Waals surface area (Å²) >= 11 is 0. The SMILES string of the molecule is O=C1OC2(CCN(C(=O)c3ncoc3C3CC3)CC2)CN1CCOc1ccccc1. The number of likely N-dealkylation sites (tertiary alicyclic amines) is 1. The summed E-state index contributed by atoms with van der Waals surface area (Å²) in [5.74, 6) is 1.75. The second-order valence-electron chi connectivity index (χ2n) is 8.27. The van der Waals surface area contributed by atoms with Gasteiger partial charge in [0.25, 0.3) is 5.91 Å². The molecule has 2 amide bonds. The number of benzene rings is 1. The Balaban J connectivity index is 1.14. The minimum Gasteiger partial charge on any atom is -0.492 e. The number of piperidine rings is 1. The van der Waals surface area contributed by atoms with Gasteiger partial charge in [0.15, 0.2) is 12.1 Å². The quantitative estimate of drug-likeness (QED) is 0.726. The molecule has 3 aliphatic rings. The van der Waals surface area contributed by atoms with Gasteiger partial charge in [0.1, 0.15) is 23.7 Å². The molecule has 1 saturated carbocycles. The van der Waals surface area contributed by atoms with Crippen LogP contribution in [0.4, 0.5) is 4.79 Å². The smallest absolute Gasteiger partial charge is 0.410 e. The zero-order valence-corrected chi connectivity index (χ0v) is 16.8. The zero-order chi connectivity index (χ0) is 20.6. The Morgan fingerprint density at radius 1 is 1.20 bits per heavy atom. The van der Waals surface area contributed by atoms with Gasteiger partial charge >= 0.3 is 6.09 Å². The topological polar surface area (TPSA) is 85.1 Å². The summed E-state index contributed by atoms with van der Waals surface area (Å²) in [6.45, 7) is 2.50. The van der Waals surface area contributed by atoms with Gasteiger partial charge in [-0.05, 0) is 25.0 Å². The number of hydrogen-bond acceptors (Lipinski definition) is 6. The second kappa shape index (κ2) is 7.66. The van der Waals surface area contributed by atoms with Crippen molar-refractivity contribution in [3.05, 3.63) is 48.2 Å². The van der Waals surface area contributed by atoms with Crippen LogP contribution >= 0.6 is 0 Å². The Bertz CT molecular complexity index is 916. The summed E-state index contributed by atoms with van der Waals surface area (Å²) in [4.78, 5) is 32.9. The van der Waals surface area contributed by atoms with Crippen LogP contribution < -0.4 is 4.74 Å². The third-order valence-electron chi connectivity index (χ3n) is 6.12. The third kappa shape index (κ3) is 3.74. The lowest BCUT2D eigenvalue weighted by atomic mass is 9.91. The summed E-state index contributed by atoms with van der Waals surface area (Å²) in [6, 6.07) is 9.54. The average molecular weight is 411 g/mol. The van der Waals surface area contributed by atoms with E-state index in [-0.39, 0.29) is 12.0 Å². The molecule has 8 nitrogen and oxygen atoms in total. The molecule has 1 aromatic carbocycles. The minimum absolute atomic E-state index is 0.0852. The molecule has 0 atom stereocenters. The largest absolute Gasteiger partial charge is 0.492 e. The number of nitrogens with zero attached hydrogens (tertiary/aromatic N) is 3. The van der Waals surface area contributed by atoms with Crippen LogP contribution in [0.5, 0.6) is 5.75 Å². The molecule has 158 valence electrons. The van der Waals surface area contributed by atoms with Crippen molar-refractivity contribution >= 4 is 12.0 Å². The van der Waals surface area contributed by atoms with Gasteiger partial charge in [-0.3, -0.25) is 4.79 Å². The fourth-order valence-electron chi connectivity index (χ4n) is 4.23. The van der Waals surface area contributed by atoms with E-state index in [0.717, 1.165) is 24.4 Å². The van der Waals surface area contributed by atoms with Crippen molar-refractivity contribution in [2.24, 2.45) is 0 Å². The number of para-hydroxylation sites is 1. The number of aromatic nitrogens is 1. The molecule has 1 aromatic heterocycles. The van der Waals surface area contributed by atoms with Crippen molar-refractivity contribution in [3.63, 3.8) is 0 Å². The van der Waals surface area contributed by atoms with E-state index >= 15 is 0 Å². The molecule has 0 bridgehead atoms. The molecular weight excluding hydrogens is 386 g/mol. The van der Waals surface area contributed by atoms with Crippen LogP contribution in [0.1, 0.15) is 47.8 Å². The van der Waals surface area contributed by atoms with E-state index in [1.807, 2.05) is 30.3 Å². The summed E-state index contributed by atoms with van der Waals surface area (Å²) in [5, 5.41) is 0. The highest BCUT2D eigenvalue weighted by molar-refractivity contribution is 5.93. The van der Waals surface area contributed by atoms with E-state index in [4.69, 9.17) is 13.9 Å². The Labute approximate surface area is 174 Å². The van der Waals surface area contributed by atoms with Crippen LogP contribution in [0.25, 0.3) is 0 Å². The minimum atomic E-state index is -0.524. The van der Waals surface area contributed by atoms with Crippen LogP contribution in [0.3, 0.4) is 0 Å². The first kappa shape index (κ1) is 19.0. The zero-order valence-electron chi connectivity index (χ0n) is 16.8. The Kier molecular flexibility index (Phi) is 4.84. The first-order valence-corrected chi connectivity index (χ1v) is 10.5. The maximum absolute atomic E-state index is 12.9. The predicted octanol–water partition coefficient (Wildman–Crippen LogP) is 3.06. The number of rotatable bonds is 6. The lowest BCUT2D eigenvalue weighted by Crippen LogP contribution is -2.49. The van der Waals surface area contributed by atoms with Crippen molar-refractivity contribution in [2.45, 2.75) is 37.2 Å². The number of amides is 2. The molecule has 3 fully saturated rings. The maximum Gasteiger partial charge on any atom is 0.410 e. The highest BCUT2D eigenvalue weighted by Gasteiger charge is 2.48. The molecule has 3 heterocycles. The number of oxazole rings is 1. The van der Waals surface area contributed by atoms with Crippen LogP contribution in [-0.4, -0.2) is 65.2 Å². The molecule has 2 aromatic rings. The molecule has 2 saturated heterocycles. The van der Waals surface area contributed by atoms with Gasteiger partial charge in [0, 0.05) is 31.8 Å². The number of carbonyl (C=O) groups excluding carboxylic acids is 2. The molecule has 0 N–H and O–H groups in total. The Morgan fingerprint density at radius 2 is 1.97 bits per heavy atom. The average Bonchev–Trinajstić information content (AvgIpc) is 3.41. The standard InChI is InChI=1S/C22H25N3O5/c26-20(18-19(16-6-7-16)29-15-23-18)24-10-8-22(9-11-24)14-25(21(27)30-22)12-13-28-17-4-2-1-3-5-17/h1-5,15-16H,6-14H2. The maximum atomic E-state index is 12.9. The first-order chi connectivity index (χ1) is 14.6. The molecule has 1 aliphatic carbocycles. The van der Waals surface area contributed by atoms with Crippen LogP contribution in [-0.2, 0) is 4.74 Å². The molecule has 0 radical (unpaired) electrons. The van der Waals surface area contributed by atoms with Crippen molar-refractivity contribution in [1.29, 1.82) is 0 Å². The lowest BCUT2D eigenvalue weighted by molar-refractivity contribution is 0.00292. The highest BCUT2D eigenvalue weighted by atomic mass is 16.6. The van der Waals surface area contributed by atoms with Gasteiger partial charge in [-0.15, -0.1) is 0 Å². The molecule has 0 unspecified atom stereocenters. The van der Waals surface area contributed by atoms with Gasteiger partial charge in [0.05, 0.1) is 13.1 Å². The molecule has 5 rings (SSSR count). The Hall–Kier alpha value is -3.03. The number of ether oxygens (including phenoxy) is 2. The summed E-state index contributed by atoms with van der Waals surface area (Å²) < 4.78 is 16.9. The van der Waals surface area contributed by atoms with Gasteiger partial charge < -0.3 is 23.7 Å². The monoisotopic (exact) mass is 411 g/mol. The third-order valence-corrected chi connectivity index (χ3v) is 6.12. The number of hydrogen-bond donors (Lipinski definition) is 0. The van der Waals surface area contributed by atoms with E-state index in [2.05, 4.69) is 4.98 Å². The molecule has 30 heavy (non-hydrogen) atoms. The normalized spacial score (nSPS) is 20.5. The molecular formula is C22H25N3O5. The number of carbonyl (C=O) groups is 2. The van der Waals surface area contributed by atoms with Crippen molar-refractivity contribution in [2.75, 3.05) is 32.8 Å². The van der Waals surface area contributed by atoms with E-state index in [0.29, 0.717) is 57.2 Å². The van der Waals surface area contributed by atoms with E-state index in [1.165, 1.54) is 6.39 Å². The van der Waals surface area contributed by atoms with Crippen molar-refractivity contribution in [3.8, 4) is 5.75 Å². The summed E-state index contributed by atoms with van der Waals surface area (Å²) in [5.41, 5.74) is -0.0828. The van der Waals surface area contributed by atoms with E-state index < -0.39 is 5.60 Å². The second-order valence-corrected chi connectivity index (χ2v) is 8.27. The fraction of sp³-hybridized carbons (Fsp3) is 0.500. The van der Waals surface area contributed by atoms with Gasteiger partial charge in [-0.2, -0.15) is 0 Å². The Morgan fingerprint density at radius 3 is 2.70 bits per heavy atom. The van der Waals surface area contributed by atoms with Gasteiger partial charge in [0.2, 0.25) is 0 Å². The van der Waals surface area contributed by atoms with Crippen molar-refractivity contribution < 1.29 is 23.5 Å². The van der Waals surface area contributed by atoms with Crippen molar-refractivity contribution in [1.82, 2.24) is 14.8 Å². The molecule has 1 spiro atoms. The van der Waals surface area contributed by atoms with Crippen LogP contribution in [0.2, 0.25) is 0 Å². The van der Waals surface area contributed by atoms with Crippen LogP contribution in [0.15, 0.2) is 41.1 Å². The molecule has 8 heteroatoms. The van der Waals surface area contributed by atoms with Crippen LogP contribution in [0, 0.1) is 0 Å². The highest BCUT2D eigenvalue weighted by Crippen LogP contribution is 2.42. The summed E-state index contributed by atoms with van der Waals surface area (Å²) in [6.07, 6.45) is 4.41. The van der Waals surface area contributed by atoms with E-state index in [1.54, 1.807) is 9.80 Å². The fourth-order valence-corrected chi connectivity index (χ4v) is 4.23. The lowest BCUT2D eigenvalue weighted by Gasteiger charge is -2.37. The van der Waals surface area contributed by atoms with Gasteiger partial charge in [-0.25, -0.2) is 9.78 Å². The van der Waals surface area contributed by atoms with E-state index in [9.17, 15) is 9.59 Å². The van der Waals surface area contributed by atoms with Gasteiger partial charge in [-0.1, -0.05) is 18.2 Å². The molecule has 2 aliphatic heterocycles. The first-order valence-electron chi connectivity index (χ1n) is 10.5. The predicted molar refractivity (Wildman–Crippen MR) is 106 cm³/mol. The summed E-state index contributed by atoms with van der Waals surface area (Å²) in [7, 11) is 0.